The van der Waals surface area contributed by atoms with Crippen molar-refractivity contribution in [2.75, 3.05) is 21.3 Å². The van der Waals surface area contributed by atoms with Gasteiger partial charge in [-0.25, -0.2) is 4.98 Å². The Labute approximate surface area is 141 Å². The summed E-state index contributed by atoms with van der Waals surface area (Å²) in [5.74, 6) is -0.803. The van der Waals surface area contributed by atoms with Crippen molar-refractivity contribution in [1.29, 1.82) is 0 Å². The minimum absolute atomic E-state index is 0.0549. The van der Waals surface area contributed by atoms with Crippen LogP contribution < -0.4 is 0 Å². The third-order valence-corrected chi connectivity index (χ3v) is 4.92. The quantitative estimate of drug-likeness (QED) is 0.679. The standard InChI is InChI=1S/C16H26N2O4S/c1-10(2)15-17-12(9-23-15)8-18(4)14(19)7-13(11(3)21-5)16(20)22-6/h9-11,13H,7-8H2,1-6H3/t11?,13-/m0/s1. The lowest BCUT2D eigenvalue weighted by Crippen LogP contribution is -2.35. The molecule has 0 saturated carbocycles. The van der Waals surface area contributed by atoms with Crippen LogP contribution in [0.5, 0.6) is 0 Å². The summed E-state index contributed by atoms with van der Waals surface area (Å²) in [4.78, 5) is 30.3. The van der Waals surface area contributed by atoms with Crippen molar-refractivity contribution < 1.29 is 19.1 Å². The van der Waals surface area contributed by atoms with E-state index in [-0.39, 0.29) is 18.4 Å². The van der Waals surface area contributed by atoms with Gasteiger partial charge >= 0.3 is 5.97 Å². The largest absolute Gasteiger partial charge is 0.469 e. The van der Waals surface area contributed by atoms with Crippen molar-refractivity contribution in [2.45, 2.75) is 45.8 Å². The van der Waals surface area contributed by atoms with Crippen molar-refractivity contribution in [3.05, 3.63) is 16.1 Å². The zero-order valence-electron chi connectivity index (χ0n) is 14.7. The number of hydrogen-bond acceptors (Lipinski definition) is 6. The molecule has 0 aromatic carbocycles. The minimum atomic E-state index is -0.610. The van der Waals surface area contributed by atoms with Gasteiger partial charge in [-0.1, -0.05) is 13.8 Å². The molecule has 0 spiro atoms. The second kappa shape index (κ2) is 8.98. The van der Waals surface area contributed by atoms with Crippen molar-refractivity contribution in [3.8, 4) is 0 Å². The Kier molecular flexibility index (Phi) is 7.64. The van der Waals surface area contributed by atoms with Crippen LogP contribution in [0.25, 0.3) is 0 Å². The lowest BCUT2D eigenvalue weighted by Gasteiger charge is -2.23. The molecule has 7 heteroatoms. The van der Waals surface area contributed by atoms with Gasteiger partial charge in [-0.15, -0.1) is 11.3 Å². The predicted octanol–water partition coefficient (Wildman–Crippen LogP) is 2.44. The van der Waals surface area contributed by atoms with Crippen LogP contribution in [-0.2, 0) is 25.6 Å². The number of nitrogens with zero attached hydrogens (tertiary/aromatic N) is 2. The van der Waals surface area contributed by atoms with E-state index in [0.717, 1.165) is 10.7 Å². The van der Waals surface area contributed by atoms with E-state index in [9.17, 15) is 9.59 Å². The van der Waals surface area contributed by atoms with Crippen molar-refractivity contribution in [2.24, 2.45) is 5.92 Å². The maximum atomic E-state index is 12.4. The highest BCUT2D eigenvalue weighted by molar-refractivity contribution is 7.09. The molecule has 0 saturated heterocycles. The topological polar surface area (TPSA) is 68.7 Å². The Bertz CT molecular complexity index is 530. The highest BCUT2D eigenvalue weighted by atomic mass is 32.1. The molecule has 6 nitrogen and oxygen atoms in total. The molecule has 1 unspecified atom stereocenters. The molecule has 1 rings (SSSR count). The zero-order valence-corrected chi connectivity index (χ0v) is 15.5. The molecule has 0 bridgehead atoms. The highest BCUT2D eigenvalue weighted by Gasteiger charge is 2.30. The fraction of sp³-hybridized carbons (Fsp3) is 0.688. The molecule has 23 heavy (non-hydrogen) atoms. The summed E-state index contributed by atoms with van der Waals surface area (Å²) in [7, 11) is 4.54. The molecule has 0 aliphatic heterocycles. The first kappa shape index (κ1) is 19.6. The maximum Gasteiger partial charge on any atom is 0.311 e. The minimum Gasteiger partial charge on any atom is -0.469 e. The van der Waals surface area contributed by atoms with Gasteiger partial charge in [0.2, 0.25) is 5.91 Å². The molecule has 1 aromatic rings. The SMILES string of the molecule is COC(=O)[C@@H](CC(=O)N(C)Cc1csc(C(C)C)n1)C(C)OC. The number of amides is 1. The molecule has 0 aliphatic carbocycles. The van der Waals surface area contributed by atoms with Crippen molar-refractivity contribution >= 4 is 23.2 Å². The number of ether oxygens (including phenoxy) is 2. The number of methoxy groups -OCH3 is 2. The first-order chi connectivity index (χ1) is 10.8. The number of carbonyl (C=O) groups excluding carboxylic acids is 2. The highest BCUT2D eigenvalue weighted by Crippen LogP contribution is 2.21. The van der Waals surface area contributed by atoms with Gasteiger partial charge in [-0.3, -0.25) is 9.59 Å². The van der Waals surface area contributed by atoms with E-state index in [1.165, 1.54) is 14.2 Å². The van der Waals surface area contributed by atoms with E-state index < -0.39 is 11.9 Å². The van der Waals surface area contributed by atoms with Crippen molar-refractivity contribution in [1.82, 2.24) is 9.88 Å². The lowest BCUT2D eigenvalue weighted by atomic mass is 9.99. The van der Waals surface area contributed by atoms with Gasteiger partial charge in [0.15, 0.2) is 0 Å². The molecule has 130 valence electrons. The molecule has 1 aromatic heterocycles. The molecule has 0 fully saturated rings. The average Bonchev–Trinajstić information content (AvgIpc) is 2.99. The number of carbonyl (C=O) groups is 2. The van der Waals surface area contributed by atoms with E-state index in [4.69, 9.17) is 9.47 Å². The van der Waals surface area contributed by atoms with Gasteiger partial charge in [-0.2, -0.15) is 0 Å². The van der Waals surface area contributed by atoms with E-state index in [1.807, 2.05) is 5.38 Å². The van der Waals surface area contributed by atoms with Gasteiger partial charge in [0.25, 0.3) is 0 Å². The van der Waals surface area contributed by atoms with Gasteiger partial charge < -0.3 is 14.4 Å². The van der Waals surface area contributed by atoms with Crippen molar-refractivity contribution in [3.63, 3.8) is 0 Å². The molecule has 0 aliphatic rings. The summed E-state index contributed by atoms with van der Waals surface area (Å²) in [6.07, 6.45) is -0.328. The second-order valence-corrected chi connectivity index (χ2v) is 6.75. The fourth-order valence-electron chi connectivity index (χ4n) is 2.09. The summed E-state index contributed by atoms with van der Waals surface area (Å²) >= 11 is 1.60. The molecule has 0 N–H and O–H groups in total. The second-order valence-electron chi connectivity index (χ2n) is 5.86. The summed E-state index contributed by atoms with van der Waals surface area (Å²) in [6.45, 7) is 6.36. The van der Waals surface area contributed by atoms with Gasteiger partial charge in [0.05, 0.1) is 36.4 Å². The number of rotatable bonds is 8. The third-order valence-electron chi connectivity index (χ3n) is 3.73. The Hall–Kier alpha value is -1.47. The van der Waals surface area contributed by atoms with Crippen LogP contribution in [0.2, 0.25) is 0 Å². The van der Waals surface area contributed by atoms with Gasteiger partial charge in [0, 0.05) is 31.9 Å². The fourth-order valence-corrected chi connectivity index (χ4v) is 2.92. The summed E-state index contributed by atoms with van der Waals surface area (Å²) < 4.78 is 9.95. The molecule has 1 heterocycles. The van der Waals surface area contributed by atoms with Gasteiger partial charge in [0.1, 0.15) is 0 Å². The van der Waals surface area contributed by atoms with E-state index in [2.05, 4.69) is 18.8 Å². The molecule has 0 radical (unpaired) electrons. The van der Waals surface area contributed by atoms with E-state index >= 15 is 0 Å². The van der Waals surface area contributed by atoms with Crippen LogP contribution in [-0.4, -0.2) is 49.1 Å². The summed E-state index contributed by atoms with van der Waals surface area (Å²) in [6, 6.07) is 0. The number of hydrogen-bond donors (Lipinski definition) is 0. The predicted molar refractivity (Wildman–Crippen MR) is 89.3 cm³/mol. The Morgan fingerprint density at radius 1 is 1.30 bits per heavy atom. The number of thiazole rings is 1. The lowest BCUT2D eigenvalue weighted by molar-refractivity contribution is -0.153. The molecular weight excluding hydrogens is 316 g/mol. The van der Waals surface area contributed by atoms with Crippen LogP contribution in [0.3, 0.4) is 0 Å². The number of esters is 1. The Morgan fingerprint density at radius 3 is 2.43 bits per heavy atom. The third kappa shape index (κ3) is 5.58. The first-order valence-electron chi connectivity index (χ1n) is 7.59. The molecule has 1 amide bonds. The van der Waals surface area contributed by atoms with E-state index in [0.29, 0.717) is 12.5 Å². The molecule has 2 atom stereocenters. The summed E-state index contributed by atoms with van der Waals surface area (Å²) in [5.41, 5.74) is 0.865. The van der Waals surface area contributed by atoms with Crippen LogP contribution in [0.1, 0.15) is 43.8 Å². The average molecular weight is 342 g/mol. The van der Waals surface area contributed by atoms with Gasteiger partial charge in [-0.05, 0) is 6.92 Å². The van der Waals surface area contributed by atoms with Crippen LogP contribution >= 0.6 is 11.3 Å². The normalized spacial score (nSPS) is 13.7. The Balaban J connectivity index is 2.68. The van der Waals surface area contributed by atoms with Crippen LogP contribution in [0.4, 0.5) is 0 Å². The smallest absolute Gasteiger partial charge is 0.311 e. The molecular formula is C16H26N2O4S. The first-order valence-corrected chi connectivity index (χ1v) is 8.47. The van der Waals surface area contributed by atoms with Crippen LogP contribution in [0.15, 0.2) is 5.38 Å². The Morgan fingerprint density at radius 2 is 1.96 bits per heavy atom. The zero-order chi connectivity index (χ0) is 17.6. The number of aromatic nitrogens is 1. The summed E-state index contributed by atoms with van der Waals surface area (Å²) in [5, 5.41) is 3.02. The monoisotopic (exact) mass is 342 g/mol. The van der Waals surface area contributed by atoms with Crippen LogP contribution in [0, 0.1) is 5.92 Å². The maximum absolute atomic E-state index is 12.4. The van der Waals surface area contributed by atoms with E-state index in [1.54, 1.807) is 30.2 Å².